The van der Waals surface area contributed by atoms with Crippen LogP contribution in [-0.4, -0.2) is 41.1 Å². The van der Waals surface area contributed by atoms with Crippen LogP contribution in [0.25, 0.3) is 0 Å². The summed E-state index contributed by atoms with van der Waals surface area (Å²) in [6.07, 6.45) is -3.54. The number of likely N-dealkylation sites (tertiary alicyclic amines) is 1. The van der Waals surface area contributed by atoms with Gasteiger partial charge in [-0.3, -0.25) is 9.69 Å². The van der Waals surface area contributed by atoms with Crippen LogP contribution in [0.2, 0.25) is 0 Å². The van der Waals surface area contributed by atoms with Crippen LogP contribution < -0.4 is 5.32 Å². The van der Waals surface area contributed by atoms with Crippen LogP contribution in [0.1, 0.15) is 30.9 Å². The Labute approximate surface area is 137 Å². The zero-order valence-electron chi connectivity index (χ0n) is 13.3. The molecule has 0 bridgehead atoms. The van der Waals surface area contributed by atoms with Gasteiger partial charge in [-0.15, -0.1) is 0 Å². The minimum atomic E-state index is -4.69. The third kappa shape index (κ3) is 4.67. The minimum absolute atomic E-state index is 0.00482. The maximum atomic E-state index is 13.0. The zero-order valence-corrected chi connectivity index (χ0v) is 13.3. The molecule has 1 aromatic carbocycles. The van der Waals surface area contributed by atoms with Crippen molar-refractivity contribution in [3.05, 3.63) is 35.1 Å². The number of halogens is 4. The van der Waals surface area contributed by atoms with E-state index in [1.807, 2.05) is 6.92 Å². The Hall–Kier alpha value is -1.67. The van der Waals surface area contributed by atoms with Gasteiger partial charge < -0.3 is 10.4 Å². The lowest BCUT2D eigenvalue weighted by atomic mass is 10.0. The molecule has 4 nitrogen and oxygen atoms in total. The van der Waals surface area contributed by atoms with E-state index in [9.17, 15) is 27.5 Å². The smallest absolute Gasteiger partial charge is 0.389 e. The van der Waals surface area contributed by atoms with Gasteiger partial charge in [0.2, 0.25) is 5.91 Å². The number of carbonyl (C=O) groups excluding carboxylic acids is 1. The number of hydrogen-bond acceptors (Lipinski definition) is 3. The van der Waals surface area contributed by atoms with Gasteiger partial charge in [0.25, 0.3) is 0 Å². The Bertz CT molecular complexity index is 606. The van der Waals surface area contributed by atoms with Gasteiger partial charge in [0.1, 0.15) is 5.82 Å². The summed E-state index contributed by atoms with van der Waals surface area (Å²) < 4.78 is 51.7. The molecule has 1 saturated heterocycles. The van der Waals surface area contributed by atoms with Crippen LogP contribution in [0.3, 0.4) is 0 Å². The number of nitrogens with zero attached hydrogens (tertiary/aromatic N) is 1. The van der Waals surface area contributed by atoms with Gasteiger partial charge in [-0.25, -0.2) is 4.39 Å². The van der Waals surface area contributed by atoms with E-state index in [1.54, 1.807) is 4.90 Å². The molecule has 24 heavy (non-hydrogen) atoms. The number of amides is 1. The first-order chi connectivity index (χ1) is 11.1. The summed E-state index contributed by atoms with van der Waals surface area (Å²) in [6.45, 7) is 2.45. The average molecular weight is 348 g/mol. The normalized spacial score (nSPS) is 21.9. The summed E-state index contributed by atoms with van der Waals surface area (Å²) in [6, 6.07) is 2.37. The lowest BCUT2D eigenvalue weighted by Crippen LogP contribution is -2.38. The Kier molecular flexibility index (Phi) is 5.49. The quantitative estimate of drug-likeness (QED) is 0.803. The molecule has 0 aromatic heterocycles. The summed E-state index contributed by atoms with van der Waals surface area (Å²) in [5.74, 6) is -1.42. The first-order valence-corrected chi connectivity index (χ1v) is 7.70. The third-order valence-corrected chi connectivity index (χ3v) is 4.29. The van der Waals surface area contributed by atoms with E-state index in [1.165, 1.54) is 0 Å². The molecule has 0 aliphatic carbocycles. The van der Waals surface area contributed by atoms with E-state index < -0.39 is 29.1 Å². The second kappa shape index (κ2) is 7.06. The number of nitrogens with one attached hydrogen (secondary N) is 1. The number of benzene rings is 1. The van der Waals surface area contributed by atoms with Crippen LogP contribution in [0.15, 0.2) is 18.2 Å². The molecule has 0 spiro atoms. The molecule has 1 aromatic rings. The number of alkyl halides is 3. The van der Waals surface area contributed by atoms with Crippen LogP contribution in [0.4, 0.5) is 17.6 Å². The van der Waals surface area contributed by atoms with E-state index in [-0.39, 0.29) is 18.7 Å². The molecule has 1 aliphatic heterocycles. The molecule has 8 heteroatoms. The van der Waals surface area contributed by atoms with E-state index in [0.29, 0.717) is 32.0 Å². The van der Waals surface area contributed by atoms with Crippen molar-refractivity contribution in [2.24, 2.45) is 0 Å². The third-order valence-electron chi connectivity index (χ3n) is 4.29. The van der Waals surface area contributed by atoms with Gasteiger partial charge in [-0.2, -0.15) is 13.2 Å². The zero-order chi connectivity index (χ0) is 18.0. The van der Waals surface area contributed by atoms with Gasteiger partial charge in [0.05, 0.1) is 17.7 Å². The fraction of sp³-hybridized carbons (Fsp3) is 0.562. The number of β-amino-alcohol motifs (C(OH)–C–C–N with tert-alkyl or cyclic N) is 1. The SMILES string of the molecule is CCC1(O)CCN(CC(=O)NCc2ccc(F)cc2C(F)(F)F)C1. The average Bonchev–Trinajstić information content (AvgIpc) is 2.87. The van der Waals surface area contributed by atoms with Crippen molar-refractivity contribution in [1.82, 2.24) is 10.2 Å². The Morgan fingerprint density at radius 3 is 2.71 bits per heavy atom. The van der Waals surface area contributed by atoms with Crippen molar-refractivity contribution in [1.29, 1.82) is 0 Å². The van der Waals surface area contributed by atoms with E-state index in [2.05, 4.69) is 5.32 Å². The summed E-state index contributed by atoms with van der Waals surface area (Å²) in [5.41, 5.74) is -2.09. The lowest BCUT2D eigenvalue weighted by molar-refractivity contribution is -0.138. The standard InChI is InChI=1S/C16H20F4N2O2/c1-2-15(24)5-6-22(10-15)9-14(23)21-8-11-3-4-12(17)7-13(11)16(18,19)20/h3-4,7,24H,2,5-6,8-10H2,1H3,(H,21,23). The van der Waals surface area contributed by atoms with Gasteiger partial charge in [-0.1, -0.05) is 13.0 Å². The lowest BCUT2D eigenvalue weighted by Gasteiger charge is -2.21. The summed E-state index contributed by atoms with van der Waals surface area (Å²) in [7, 11) is 0. The van der Waals surface area contributed by atoms with Crippen molar-refractivity contribution in [2.45, 2.75) is 38.1 Å². The van der Waals surface area contributed by atoms with Gasteiger partial charge in [-0.05, 0) is 30.5 Å². The maximum Gasteiger partial charge on any atom is 0.416 e. The van der Waals surface area contributed by atoms with Crippen LogP contribution in [0, 0.1) is 5.82 Å². The molecule has 2 N–H and O–H groups in total. The first-order valence-electron chi connectivity index (χ1n) is 7.70. The van der Waals surface area contributed by atoms with Crippen LogP contribution >= 0.6 is 0 Å². The molecule has 1 aliphatic rings. The minimum Gasteiger partial charge on any atom is -0.389 e. The molecule has 134 valence electrons. The number of carbonyl (C=O) groups is 1. The van der Waals surface area contributed by atoms with Gasteiger partial charge >= 0.3 is 6.18 Å². The predicted molar refractivity (Wildman–Crippen MR) is 79.5 cm³/mol. The van der Waals surface area contributed by atoms with E-state index in [4.69, 9.17) is 0 Å². The monoisotopic (exact) mass is 348 g/mol. The second-order valence-electron chi connectivity index (χ2n) is 6.11. The highest BCUT2D eigenvalue weighted by molar-refractivity contribution is 5.78. The molecule has 1 amide bonds. The van der Waals surface area contributed by atoms with Crippen molar-refractivity contribution in [3.63, 3.8) is 0 Å². The van der Waals surface area contributed by atoms with Gasteiger partial charge in [0, 0.05) is 19.6 Å². The first kappa shape index (κ1) is 18.7. The predicted octanol–water partition coefficient (Wildman–Crippen LogP) is 2.31. The molecular formula is C16H20F4N2O2. The topological polar surface area (TPSA) is 52.6 Å². The highest BCUT2D eigenvalue weighted by atomic mass is 19.4. The van der Waals surface area contributed by atoms with Crippen molar-refractivity contribution >= 4 is 5.91 Å². The molecule has 0 saturated carbocycles. The fourth-order valence-electron chi connectivity index (χ4n) is 2.78. The molecule has 1 fully saturated rings. The molecule has 1 heterocycles. The van der Waals surface area contributed by atoms with E-state index >= 15 is 0 Å². The molecule has 1 atom stereocenters. The molecule has 0 radical (unpaired) electrons. The van der Waals surface area contributed by atoms with Crippen molar-refractivity contribution < 1.29 is 27.5 Å². The fourth-order valence-corrected chi connectivity index (χ4v) is 2.78. The number of hydrogen-bond donors (Lipinski definition) is 2. The van der Waals surface area contributed by atoms with Crippen LogP contribution in [0.5, 0.6) is 0 Å². The summed E-state index contributed by atoms with van der Waals surface area (Å²) >= 11 is 0. The number of aliphatic hydroxyl groups is 1. The largest absolute Gasteiger partial charge is 0.416 e. The molecule has 1 unspecified atom stereocenters. The molecule has 2 rings (SSSR count). The second-order valence-corrected chi connectivity index (χ2v) is 6.11. The summed E-state index contributed by atoms with van der Waals surface area (Å²) in [4.78, 5) is 13.7. The number of rotatable bonds is 5. The highest BCUT2D eigenvalue weighted by Gasteiger charge is 2.35. The maximum absolute atomic E-state index is 13.0. The van der Waals surface area contributed by atoms with Crippen LogP contribution in [-0.2, 0) is 17.5 Å². The Morgan fingerprint density at radius 2 is 2.12 bits per heavy atom. The Balaban J connectivity index is 1.93. The summed E-state index contributed by atoms with van der Waals surface area (Å²) in [5, 5.41) is 12.5. The van der Waals surface area contributed by atoms with Gasteiger partial charge in [0.15, 0.2) is 0 Å². The molecular weight excluding hydrogens is 328 g/mol. The Morgan fingerprint density at radius 1 is 1.42 bits per heavy atom. The van der Waals surface area contributed by atoms with Crippen molar-refractivity contribution in [2.75, 3.05) is 19.6 Å². The highest BCUT2D eigenvalue weighted by Crippen LogP contribution is 2.32. The van der Waals surface area contributed by atoms with E-state index in [0.717, 1.165) is 12.1 Å². The van der Waals surface area contributed by atoms with Crippen molar-refractivity contribution in [3.8, 4) is 0 Å².